The van der Waals surface area contributed by atoms with E-state index in [0.29, 0.717) is 37.8 Å². The molecule has 0 aliphatic heterocycles. The fourth-order valence-corrected chi connectivity index (χ4v) is 29.1. The first-order valence-corrected chi connectivity index (χ1v) is 51.2. The zero-order valence-corrected chi connectivity index (χ0v) is 74.3. The van der Waals surface area contributed by atoms with E-state index < -0.39 is 109 Å². The zero-order chi connectivity index (χ0) is 88.9. The summed E-state index contributed by atoms with van der Waals surface area (Å²) in [7, 11) is -13.2. The van der Waals surface area contributed by atoms with Crippen molar-refractivity contribution in [1.29, 1.82) is 0 Å². The van der Waals surface area contributed by atoms with Gasteiger partial charge in [0.05, 0.1) is 57.9 Å². The van der Waals surface area contributed by atoms with Gasteiger partial charge in [0.1, 0.15) is 50.9 Å². The molecular weight excluding hydrogens is 1770 g/mol. The van der Waals surface area contributed by atoms with E-state index in [0.717, 1.165) is 133 Å². The molecule has 15 aromatic carbocycles. The number of sulfone groups is 3. The molecule has 6 nitrogen and oxygen atoms in total. The average Bonchev–Trinajstić information content (AvgIpc) is 1.07. The molecule has 0 unspecified atom stereocenters. The monoisotopic (exact) mass is 1850 g/mol. The summed E-state index contributed by atoms with van der Waals surface area (Å²) < 4.78 is 212. The van der Waals surface area contributed by atoms with Crippen molar-refractivity contribution in [3.63, 3.8) is 0 Å². The minimum absolute atomic E-state index is 0.156. The largest absolute Gasteiger partial charge is 0.224 e. The molecule has 0 amide bonds. The summed E-state index contributed by atoms with van der Waals surface area (Å²) in [6.45, 7) is 0. The van der Waals surface area contributed by atoms with Crippen LogP contribution in [0.1, 0.15) is 57.8 Å². The molecular formula is C102H85F10O6S8+5. The van der Waals surface area contributed by atoms with Gasteiger partial charge in [-0.2, -0.15) is 0 Å². The summed E-state index contributed by atoms with van der Waals surface area (Å²) in [4.78, 5) is 12.4. The van der Waals surface area contributed by atoms with Gasteiger partial charge in [-0.25, -0.2) is 69.2 Å². The number of rotatable bonds is 20. The lowest BCUT2D eigenvalue weighted by Gasteiger charge is -2.21. The quantitative estimate of drug-likeness (QED) is 0.0556. The summed E-state index contributed by atoms with van der Waals surface area (Å²) in [6, 6.07) is 107. The van der Waals surface area contributed by atoms with Crippen LogP contribution in [0.15, 0.2) is 464 Å². The van der Waals surface area contributed by atoms with Crippen LogP contribution in [0, 0.1) is 58.2 Å². The van der Waals surface area contributed by atoms with Crippen LogP contribution < -0.4 is 0 Å². The van der Waals surface area contributed by atoms with E-state index in [9.17, 15) is 69.2 Å². The Morgan fingerprint density at radius 2 is 0.389 bits per heavy atom. The summed E-state index contributed by atoms with van der Waals surface area (Å²) in [5, 5.41) is -0.418. The third-order valence-corrected chi connectivity index (χ3v) is 37.4. The molecule has 642 valence electrons. The van der Waals surface area contributed by atoms with Crippen molar-refractivity contribution in [3.8, 4) is 0 Å². The molecule has 0 N–H and O–H groups in total. The maximum atomic E-state index is 14.3. The van der Waals surface area contributed by atoms with Crippen LogP contribution in [0.5, 0.6) is 0 Å². The minimum atomic E-state index is -3.23. The summed E-state index contributed by atoms with van der Waals surface area (Å²) >= 11 is 0. The molecule has 17 rings (SSSR count). The van der Waals surface area contributed by atoms with E-state index in [2.05, 4.69) is 121 Å². The molecule has 0 radical (unpaired) electrons. The molecule has 0 saturated heterocycles. The Hall–Kier alpha value is -10.8. The summed E-state index contributed by atoms with van der Waals surface area (Å²) in [5.74, 6) is -8.56. The highest BCUT2D eigenvalue weighted by Crippen LogP contribution is 2.41. The molecule has 15 aromatic rings. The molecule has 2 saturated carbocycles. The van der Waals surface area contributed by atoms with Crippen molar-refractivity contribution in [2.45, 2.75) is 156 Å². The van der Waals surface area contributed by atoms with Crippen molar-refractivity contribution in [2.75, 3.05) is 6.26 Å². The normalized spacial score (nSPS) is 13.1. The van der Waals surface area contributed by atoms with Crippen molar-refractivity contribution in [1.82, 2.24) is 0 Å². The van der Waals surface area contributed by atoms with Crippen LogP contribution in [0.4, 0.5) is 43.9 Å². The van der Waals surface area contributed by atoms with Gasteiger partial charge in [0, 0.05) is 66.9 Å². The van der Waals surface area contributed by atoms with Crippen molar-refractivity contribution in [2.24, 2.45) is 0 Å². The number of hydrogen-bond acceptors (Lipinski definition) is 6. The SMILES string of the molecule is CS(=O)(=O)c1ccc([S+](c2ccccc2)c2ccccc2)cc1.Fc1ccc([S+](c2ccc(F)cc2F)c2ccc(F)cc2F)c(F)c1.Fc1ccc([S+](c2ccccc2)c2ccc(F)cc2F)c(F)c1.O=S(=O)(c1ccc([S+](c2ccccc2)c2ccccc2)cc1)C1CCCC1.O=S(=O)(c1ccc([S+](c2ccccc2)c2ccccc2)cc1)C1CCCCC1. The second-order valence-electron chi connectivity index (χ2n) is 29.0. The maximum Gasteiger partial charge on any atom is 0.202 e. The Labute approximate surface area is 744 Å². The van der Waals surface area contributed by atoms with Gasteiger partial charge in [-0.05, 0) is 214 Å². The average molecular weight is 1850 g/mol. The van der Waals surface area contributed by atoms with E-state index >= 15 is 0 Å². The first kappa shape index (κ1) is 92.9. The topological polar surface area (TPSA) is 102 Å². The van der Waals surface area contributed by atoms with Gasteiger partial charge < -0.3 is 0 Å². The predicted molar refractivity (Wildman–Crippen MR) is 484 cm³/mol. The van der Waals surface area contributed by atoms with E-state index in [1.54, 1.807) is 54.6 Å². The number of benzene rings is 15. The summed E-state index contributed by atoms with van der Waals surface area (Å²) in [5.41, 5.74) is 0. The lowest BCUT2D eigenvalue weighted by atomic mass is 10.0. The fraction of sp³-hybridized carbons (Fsp3) is 0.118. The van der Waals surface area contributed by atoms with E-state index in [4.69, 9.17) is 0 Å². The van der Waals surface area contributed by atoms with Gasteiger partial charge in [0.15, 0.2) is 108 Å². The molecule has 0 bridgehead atoms. The number of hydrogen-bond donors (Lipinski definition) is 0. The Balaban J connectivity index is 0.000000135. The minimum Gasteiger partial charge on any atom is -0.224 e. The molecule has 0 atom stereocenters. The lowest BCUT2D eigenvalue weighted by molar-refractivity contribution is 0.483. The van der Waals surface area contributed by atoms with Crippen molar-refractivity contribution in [3.05, 3.63) is 434 Å². The molecule has 2 fully saturated rings. The smallest absolute Gasteiger partial charge is 0.202 e. The molecule has 24 heteroatoms. The van der Waals surface area contributed by atoms with Gasteiger partial charge in [0.25, 0.3) is 0 Å². The molecule has 0 aromatic heterocycles. The molecule has 2 aliphatic rings. The van der Waals surface area contributed by atoms with Crippen LogP contribution in [-0.4, -0.2) is 42.0 Å². The van der Waals surface area contributed by atoms with Crippen molar-refractivity contribution >= 4 is 84.0 Å². The van der Waals surface area contributed by atoms with E-state index in [1.807, 2.05) is 109 Å². The highest BCUT2D eigenvalue weighted by Gasteiger charge is 2.41. The highest BCUT2D eigenvalue weighted by atomic mass is 32.2. The Morgan fingerprint density at radius 3 is 0.595 bits per heavy atom. The van der Waals surface area contributed by atoms with Gasteiger partial charge in [-0.3, -0.25) is 0 Å². The van der Waals surface area contributed by atoms with E-state index in [1.165, 1.54) is 47.8 Å². The molecule has 2 aliphatic carbocycles. The Morgan fingerprint density at radius 1 is 0.206 bits per heavy atom. The predicted octanol–water partition coefficient (Wildman–Crippen LogP) is 26.5. The third-order valence-electron chi connectivity index (χ3n) is 20.4. The van der Waals surface area contributed by atoms with Crippen molar-refractivity contribution < 1.29 is 69.2 Å². The zero-order valence-electron chi connectivity index (χ0n) is 67.8. The fourth-order valence-electron chi connectivity index (χ4n) is 14.4. The third kappa shape index (κ3) is 23.7. The standard InChI is InChI=1S/C24H25O2S2.C23H23O2S2.C19H17O2S2.C18H9F6S.C18H11F4S/c25-28(26,23-14-8-3-9-15-23)24-18-16-22(17-19-24)27(20-10-4-1-5-11-20)21-12-6-2-7-13-21;24-27(25,22-13-7-8-14-22)23-17-15-21(16-18-23)26(19-9-3-1-4-10-19)20-11-5-2-6-12-20;1-23(20,21)19-14-12-18(13-15-19)22(16-8-4-2-5-9-16)17-10-6-3-7-11-17;19-10-1-4-16(13(22)7-10)25(17-5-2-11(20)8-14(17)23)18-6-3-12(21)9-15(18)24;19-12-6-8-17(15(21)10-12)23(14-4-2-1-3-5-14)18-9-7-13(20)11-16(18)22/h1-2,4-7,10-13,16-19,23H,3,8-9,14-15H2;1-6,9-12,15-18,22H,7-8,13-14H2;2-15H,1H3;1-9H;1-11H/q5*+1. The molecule has 0 heterocycles. The maximum absolute atomic E-state index is 14.3. The Bertz CT molecular complexity index is 6170. The van der Waals surface area contributed by atoms with Crippen LogP contribution in [0.25, 0.3) is 0 Å². The van der Waals surface area contributed by atoms with Crippen LogP contribution in [0.2, 0.25) is 0 Å². The van der Waals surface area contributed by atoms with Gasteiger partial charge >= 0.3 is 0 Å². The van der Waals surface area contributed by atoms with Gasteiger partial charge in [-0.1, -0.05) is 159 Å². The van der Waals surface area contributed by atoms with Crippen LogP contribution in [0.3, 0.4) is 0 Å². The van der Waals surface area contributed by atoms with E-state index in [-0.39, 0.29) is 67.7 Å². The Kier molecular flexibility index (Phi) is 32.1. The molecule has 126 heavy (non-hydrogen) atoms. The second-order valence-corrected chi connectivity index (χ2v) is 45.5. The summed E-state index contributed by atoms with van der Waals surface area (Å²) in [6.07, 6.45) is 9.65. The number of halogens is 10. The first-order chi connectivity index (χ1) is 60.8. The van der Waals surface area contributed by atoms with Crippen LogP contribution in [-0.2, 0) is 84.0 Å². The lowest BCUT2D eigenvalue weighted by Crippen LogP contribution is -2.24. The van der Waals surface area contributed by atoms with Gasteiger partial charge in [0.2, 0.25) is 24.5 Å². The van der Waals surface area contributed by atoms with Crippen LogP contribution >= 0.6 is 0 Å². The van der Waals surface area contributed by atoms with Gasteiger partial charge in [-0.15, -0.1) is 0 Å². The first-order valence-electron chi connectivity index (χ1n) is 40.1. The highest BCUT2D eigenvalue weighted by molar-refractivity contribution is 7.98. The second kappa shape index (κ2) is 43.6. The molecule has 0 spiro atoms.